The van der Waals surface area contributed by atoms with E-state index in [1.807, 2.05) is 6.07 Å². The second-order valence-corrected chi connectivity index (χ2v) is 6.06. The molecule has 25 heavy (non-hydrogen) atoms. The number of nitrogens with zero attached hydrogens (tertiary/aromatic N) is 4. The van der Waals surface area contributed by atoms with Gasteiger partial charge in [0.05, 0.1) is 18.2 Å². The quantitative estimate of drug-likeness (QED) is 0.665. The van der Waals surface area contributed by atoms with E-state index < -0.39 is 6.10 Å². The Bertz CT molecular complexity index is 745. The van der Waals surface area contributed by atoms with Gasteiger partial charge in [0, 0.05) is 13.6 Å². The summed E-state index contributed by atoms with van der Waals surface area (Å²) in [5.74, 6) is 0.403. The van der Waals surface area contributed by atoms with Gasteiger partial charge in [0.1, 0.15) is 11.6 Å². The summed E-state index contributed by atoms with van der Waals surface area (Å²) in [5, 5.41) is 16.5. The first-order chi connectivity index (χ1) is 12.0. The van der Waals surface area contributed by atoms with Crippen molar-refractivity contribution in [1.82, 2.24) is 15.1 Å². The molecule has 0 aliphatic rings. The molecule has 9 heteroatoms. The number of thioether (sulfide) groups is 1. The largest absolute Gasteiger partial charge is 0.481 e. The Morgan fingerprint density at radius 2 is 2.16 bits per heavy atom. The van der Waals surface area contributed by atoms with E-state index in [0.29, 0.717) is 12.3 Å². The van der Waals surface area contributed by atoms with Gasteiger partial charge < -0.3 is 14.1 Å². The molecule has 132 valence electrons. The fourth-order valence-electron chi connectivity index (χ4n) is 1.79. The monoisotopic (exact) mass is 364 g/mol. The van der Waals surface area contributed by atoms with Crippen LogP contribution in [0.4, 0.5) is 4.39 Å². The van der Waals surface area contributed by atoms with Crippen LogP contribution >= 0.6 is 11.8 Å². The van der Waals surface area contributed by atoms with Gasteiger partial charge in [-0.05, 0) is 31.2 Å². The molecular weight excluding hydrogens is 347 g/mol. The molecule has 2 rings (SSSR count). The lowest BCUT2D eigenvalue weighted by atomic mass is 10.3. The van der Waals surface area contributed by atoms with Crippen molar-refractivity contribution in [3.05, 3.63) is 36.0 Å². The number of halogens is 1. The van der Waals surface area contributed by atoms with Crippen molar-refractivity contribution in [3.8, 4) is 11.8 Å². The van der Waals surface area contributed by atoms with Crippen molar-refractivity contribution in [2.45, 2.75) is 24.7 Å². The molecular formula is C16H17FN4O3S. The molecule has 7 nitrogen and oxygen atoms in total. The van der Waals surface area contributed by atoms with Crippen LogP contribution in [0.1, 0.15) is 25.3 Å². The average Bonchev–Trinajstić information content (AvgIpc) is 3.08. The van der Waals surface area contributed by atoms with Gasteiger partial charge in [0.2, 0.25) is 5.91 Å². The number of rotatable bonds is 8. The number of carbonyl (C=O) groups excluding carboxylic acids is 1. The van der Waals surface area contributed by atoms with Gasteiger partial charge in [-0.1, -0.05) is 11.8 Å². The van der Waals surface area contributed by atoms with E-state index in [1.54, 1.807) is 14.0 Å². The van der Waals surface area contributed by atoms with Gasteiger partial charge in [-0.25, -0.2) is 4.39 Å². The number of amides is 1. The maximum atomic E-state index is 12.9. The lowest BCUT2D eigenvalue weighted by Gasteiger charge is -2.14. The second kappa shape index (κ2) is 9.03. The highest BCUT2D eigenvalue weighted by Gasteiger charge is 2.17. The van der Waals surface area contributed by atoms with Gasteiger partial charge in [-0.2, -0.15) is 5.26 Å². The van der Waals surface area contributed by atoms with Gasteiger partial charge in [-0.15, -0.1) is 10.2 Å². The highest BCUT2D eigenvalue weighted by molar-refractivity contribution is 7.99. The van der Waals surface area contributed by atoms with E-state index in [9.17, 15) is 9.18 Å². The molecule has 0 aliphatic heterocycles. The van der Waals surface area contributed by atoms with Crippen molar-refractivity contribution < 1.29 is 18.3 Å². The zero-order chi connectivity index (χ0) is 18.2. The molecule has 1 amide bonds. The van der Waals surface area contributed by atoms with E-state index >= 15 is 0 Å². The number of carbonyl (C=O) groups is 1. The number of ether oxygens (including phenoxy) is 1. The Hall–Kier alpha value is -2.60. The molecule has 1 atom stereocenters. The summed E-state index contributed by atoms with van der Waals surface area (Å²) in [6.45, 7) is 2.11. The minimum Gasteiger partial charge on any atom is -0.481 e. The van der Waals surface area contributed by atoms with Crippen LogP contribution in [0, 0.1) is 17.1 Å². The average molecular weight is 364 g/mol. The van der Waals surface area contributed by atoms with E-state index in [4.69, 9.17) is 14.4 Å². The Balaban J connectivity index is 1.85. The summed E-state index contributed by atoms with van der Waals surface area (Å²) in [4.78, 5) is 13.4. The first kappa shape index (κ1) is 18.7. The number of aromatic nitrogens is 2. The molecule has 1 aromatic heterocycles. The molecule has 1 heterocycles. The Kier molecular flexibility index (Phi) is 6.77. The Labute approximate surface area is 148 Å². The fraction of sp³-hybridized carbons (Fsp3) is 0.375. The molecule has 0 radical (unpaired) electrons. The molecule has 1 aromatic carbocycles. The highest BCUT2D eigenvalue weighted by Crippen LogP contribution is 2.24. The lowest BCUT2D eigenvalue weighted by molar-refractivity contribution is -0.127. The first-order valence-electron chi connectivity index (χ1n) is 7.49. The van der Waals surface area contributed by atoms with Gasteiger partial charge in [0.15, 0.2) is 6.10 Å². The summed E-state index contributed by atoms with van der Waals surface area (Å²) < 4.78 is 23.9. The Morgan fingerprint density at radius 1 is 1.44 bits per heavy atom. The van der Waals surface area contributed by atoms with Crippen molar-refractivity contribution in [3.63, 3.8) is 0 Å². The van der Waals surface area contributed by atoms with Crippen molar-refractivity contribution in [2.24, 2.45) is 0 Å². The molecule has 0 aliphatic carbocycles. The SMILES string of the molecule is CC(Oc1ccc(F)cc1)c1nnc(SCC(=O)N(C)CCC#N)o1. The van der Waals surface area contributed by atoms with Crippen LogP contribution in [-0.2, 0) is 4.79 Å². The van der Waals surface area contributed by atoms with Crippen LogP contribution in [-0.4, -0.2) is 40.3 Å². The van der Waals surface area contributed by atoms with Gasteiger partial charge in [0.25, 0.3) is 11.1 Å². The number of nitriles is 1. The molecule has 0 spiro atoms. The highest BCUT2D eigenvalue weighted by atomic mass is 32.2. The van der Waals surface area contributed by atoms with Crippen LogP contribution in [0.15, 0.2) is 33.9 Å². The minimum atomic E-state index is -0.513. The van der Waals surface area contributed by atoms with Crippen LogP contribution in [0.5, 0.6) is 5.75 Å². The third-order valence-corrected chi connectivity index (χ3v) is 4.00. The van der Waals surface area contributed by atoms with E-state index in [0.717, 1.165) is 11.8 Å². The molecule has 2 aromatic rings. The summed E-state index contributed by atoms with van der Waals surface area (Å²) >= 11 is 1.12. The predicted molar refractivity (Wildman–Crippen MR) is 88.3 cm³/mol. The lowest BCUT2D eigenvalue weighted by Crippen LogP contribution is -2.29. The third-order valence-electron chi connectivity index (χ3n) is 3.20. The van der Waals surface area contributed by atoms with Crippen LogP contribution in [0.2, 0.25) is 0 Å². The fourth-order valence-corrected chi connectivity index (χ4v) is 2.50. The van der Waals surface area contributed by atoms with Crippen molar-refractivity contribution in [2.75, 3.05) is 19.3 Å². The van der Waals surface area contributed by atoms with Crippen LogP contribution < -0.4 is 4.74 Å². The standard InChI is InChI=1S/C16H17FN4O3S/c1-11(23-13-6-4-12(17)5-7-13)15-19-20-16(24-15)25-10-14(22)21(2)9-3-8-18/h4-7,11H,3,9-10H2,1-2H3. The molecule has 0 fully saturated rings. The van der Waals surface area contributed by atoms with Crippen molar-refractivity contribution >= 4 is 17.7 Å². The predicted octanol–water partition coefficient (Wildman–Crippen LogP) is 2.81. The van der Waals surface area contributed by atoms with Gasteiger partial charge >= 0.3 is 0 Å². The molecule has 0 saturated carbocycles. The van der Waals surface area contributed by atoms with Crippen LogP contribution in [0.3, 0.4) is 0 Å². The zero-order valence-electron chi connectivity index (χ0n) is 13.8. The second-order valence-electron chi connectivity index (χ2n) is 5.13. The first-order valence-corrected chi connectivity index (χ1v) is 8.47. The van der Waals surface area contributed by atoms with Crippen LogP contribution in [0.25, 0.3) is 0 Å². The summed E-state index contributed by atoms with van der Waals surface area (Å²) in [6, 6.07) is 7.60. The topological polar surface area (TPSA) is 92.3 Å². The Morgan fingerprint density at radius 3 is 2.84 bits per heavy atom. The molecule has 1 unspecified atom stereocenters. The summed E-state index contributed by atoms with van der Waals surface area (Å²) in [6.07, 6.45) is -0.225. The summed E-state index contributed by atoms with van der Waals surface area (Å²) in [7, 11) is 1.64. The zero-order valence-corrected chi connectivity index (χ0v) is 14.6. The maximum Gasteiger partial charge on any atom is 0.277 e. The van der Waals surface area contributed by atoms with E-state index in [2.05, 4.69) is 10.2 Å². The van der Waals surface area contributed by atoms with Gasteiger partial charge in [-0.3, -0.25) is 4.79 Å². The normalized spacial score (nSPS) is 11.6. The minimum absolute atomic E-state index is 0.129. The number of benzene rings is 1. The molecule has 0 N–H and O–H groups in total. The molecule has 0 saturated heterocycles. The van der Waals surface area contributed by atoms with E-state index in [-0.39, 0.29) is 35.0 Å². The van der Waals surface area contributed by atoms with E-state index in [1.165, 1.54) is 29.2 Å². The smallest absolute Gasteiger partial charge is 0.277 e. The van der Waals surface area contributed by atoms with Crippen molar-refractivity contribution in [1.29, 1.82) is 5.26 Å². The summed E-state index contributed by atoms with van der Waals surface area (Å²) in [5.41, 5.74) is 0. The molecule has 0 bridgehead atoms. The number of hydrogen-bond acceptors (Lipinski definition) is 7. The number of hydrogen-bond donors (Lipinski definition) is 0. The third kappa shape index (κ3) is 5.76. The maximum absolute atomic E-state index is 12.9.